The number of nitrogens with zero attached hydrogens (tertiary/aromatic N) is 2. The Morgan fingerprint density at radius 3 is 2.48 bits per heavy atom. The number of methoxy groups -OCH3 is 3. The number of rotatable bonds is 6. The lowest BCUT2D eigenvalue weighted by Gasteiger charge is -2.57. The van der Waals surface area contributed by atoms with E-state index >= 15 is 0 Å². The number of aromatic amines is 2. The van der Waals surface area contributed by atoms with Crippen molar-refractivity contribution in [2.75, 3.05) is 48.0 Å². The maximum Gasteiger partial charge on any atom is 0.319 e. The number of H-pyrrole nitrogens is 2. The number of likely N-dealkylation sites (tertiary alicyclic amines) is 1. The summed E-state index contributed by atoms with van der Waals surface area (Å²) in [5.74, 6) is 1.62. The van der Waals surface area contributed by atoms with Gasteiger partial charge < -0.3 is 29.1 Å². The predicted octanol–water partition coefficient (Wildman–Crippen LogP) is 6.57. The highest BCUT2D eigenvalue weighted by atomic mass is 16.5. The third-order valence-electron chi connectivity index (χ3n) is 14.6. The van der Waals surface area contributed by atoms with Crippen LogP contribution in [0, 0.1) is 29.6 Å². The molecule has 9 nitrogen and oxygen atoms in total. The van der Waals surface area contributed by atoms with Gasteiger partial charge in [-0.3, -0.25) is 14.5 Å². The number of carbonyl (C=O) groups is 2. The van der Waals surface area contributed by atoms with E-state index in [1.807, 2.05) is 0 Å². The number of hydrogen-bond acceptors (Lipinski definition) is 7. The SMILES string of the molecule is CC[C@@H]1CN(C)[C@H]2Cc3c([nH]c4ccccc34)[C@@H](c3c(OC)ccc4c5c([nH]c34)[C@]3(C(=O)OC)C[C@H]4C[C@H](CC)[C@@H]3N(CC5)C4)C[C@@H]1[C@@H]2C(=O)OC. The minimum Gasteiger partial charge on any atom is -0.496 e. The number of ether oxygens (including phenoxy) is 3. The fourth-order valence-electron chi connectivity index (χ4n) is 12.5. The summed E-state index contributed by atoms with van der Waals surface area (Å²) >= 11 is 0. The van der Waals surface area contributed by atoms with E-state index in [1.54, 1.807) is 21.3 Å². The van der Waals surface area contributed by atoms with E-state index in [4.69, 9.17) is 14.2 Å². The molecule has 1 saturated carbocycles. The zero-order chi connectivity index (χ0) is 36.1. The number of fused-ring (bicyclic) bond motifs is 9. The maximum absolute atomic E-state index is 14.4. The van der Waals surface area contributed by atoms with Crippen molar-refractivity contribution in [2.45, 2.75) is 82.2 Å². The van der Waals surface area contributed by atoms with Gasteiger partial charge in [0.15, 0.2) is 0 Å². The molecule has 6 aliphatic rings. The van der Waals surface area contributed by atoms with Gasteiger partial charge in [-0.1, -0.05) is 44.9 Å². The van der Waals surface area contributed by atoms with Gasteiger partial charge in [0, 0.05) is 70.9 Å². The summed E-state index contributed by atoms with van der Waals surface area (Å²) in [5.41, 5.74) is 7.31. The molecule has 52 heavy (non-hydrogen) atoms. The van der Waals surface area contributed by atoms with Crippen LogP contribution in [0.2, 0.25) is 0 Å². The lowest BCUT2D eigenvalue weighted by Crippen LogP contribution is -2.67. The Balaban J connectivity index is 1.31. The van der Waals surface area contributed by atoms with E-state index in [-0.39, 0.29) is 41.8 Å². The van der Waals surface area contributed by atoms with Crippen LogP contribution in [-0.2, 0) is 37.3 Å². The fourth-order valence-corrected chi connectivity index (χ4v) is 12.5. The van der Waals surface area contributed by atoms with Gasteiger partial charge in [0.25, 0.3) is 0 Å². The minimum absolute atomic E-state index is 0.0366. The Hall–Kier alpha value is -3.82. The van der Waals surface area contributed by atoms with Gasteiger partial charge in [0.05, 0.1) is 32.8 Å². The number of hydrogen-bond donors (Lipinski definition) is 2. The molecule has 4 aromatic rings. The van der Waals surface area contributed by atoms with Crippen LogP contribution in [-0.4, -0.2) is 91.8 Å². The van der Waals surface area contributed by atoms with Crippen LogP contribution in [0.5, 0.6) is 5.75 Å². The first-order valence-electron chi connectivity index (χ1n) is 19.7. The van der Waals surface area contributed by atoms with Crippen molar-refractivity contribution in [3.8, 4) is 5.75 Å². The molecule has 3 saturated heterocycles. The smallest absolute Gasteiger partial charge is 0.319 e. The average molecular weight is 707 g/mol. The molecule has 0 amide bonds. The highest BCUT2D eigenvalue weighted by molar-refractivity contribution is 5.95. The van der Waals surface area contributed by atoms with Crippen molar-refractivity contribution in [1.82, 2.24) is 19.8 Å². The molecule has 2 N–H and O–H groups in total. The molecule has 6 heterocycles. The highest BCUT2D eigenvalue weighted by Gasteiger charge is 2.63. The molecule has 0 radical (unpaired) electrons. The first kappa shape index (κ1) is 34.0. The molecule has 10 rings (SSSR count). The fraction of sp³-hybridized carbons (Fsp3) is 0.581. The Morgan fingerprint density at radius 1 is 0.923 bits per heavy atom. The lowest BCUT2D eigenvalue weighted by molar-refractivity contribution is -0.162. The van der Waals surface area contributed by atoms with Crippen molar-refractivity contribution < 1.29 is 23.8 Å². The van der Waals surface area contributed by atoms with E-state index in [9.17, 15) is 9.59 Å². The Morgan fingerprint density at radius 2 is 1.73 bits per heavy atom. The Kier molecular flexibility index (Phi) is 8.27. The number of benzene rings is 2. The van der Waals surface area contributed by atoms with Crippen LogP contribution in [0.3, 0.4) is 0 Å². The zero-order valence-corrected chi connectivity index (χ0v) is 31.6. The highest BCUT2D eigenvalue weighted by Crippen LogP contribution is 2.57. The van der Waals surface area contributed by atoms with E-state index < -0.39 is 5.41 Å². The lowest BCUT2D eigenvalue weighted by atomic mass is 9.56. The normalized spacial score (nSPS) is 33.8. The molecule has 2 aromatic carbocycles. The number of para-hydroxylation sites is 1. The Labute approximate surface area is 306 Å². The second-order valence-corrected chi connectivity index (χ2v) is 16.7. The summed E-state index contributed by atoms with van der Waals surface area (Å²) < 4.78 is 17.7. The van der Waals surface area contributed by atoms with Crippen molar-refractivity contribution >= 4 is 33.7 Å². The second kappa shape index (κ2) is 12.7. The summed E-state index contributed by atoms with van der Waals surface area (Å²) in [6, 6.07) is 13.1. The summed E-state index contributed by atoms with van der Waals surface area (Å²) in [5, 5.41) is 2.38. The monoisotopic (exact) mass is 706 g/mol. The third kappa shape index (κ3) is 4.66. The summed E-state index contributed by atoms with van der Waals surface area (Å²) in [7, 11) is 7.06. The van der Waals surface area contributed by atoms with Crippen LogP contribution < -0.4 is 4.74 Å². The van der Waals surface area contributed by atoms with Crippen molar-refractivity contribution in [3.05, 3.63) is 64.5 Å². The van der Waals surface area contributed by atoms with E-state index in [2.05, 4.69) is 77.1 Å². The summed E-state index contributed by atoms with van der Waals surface area (Å²) in [6.45, 7) is 7.48. The zero-order valence-electron chi connectivity index (χ0n) is 31.6. The van der Waals surface area contributed by atoms with E-state index in [1.165, 1.54) is 34.0 Å². The van der Waals surface area contributed by atoms with Crippen LogP contribution in [0.4, 0.5) is 0 Å². The Bertz CT molecular complexity index is 2050. The molecule has 10 atom stereocenters. The van der Waals surface area contributed by atoms with Gasteiger partial charge in [-0.15, -0.1) is 0 Å². The van der Waals surface area contributed by atoms with Gasteiger partial charge in [-0.25, -0.2) is 0 Å². The quantitative estimate of drug-likeness (QED) is 0.219. The number of nitrogens with one attached hydrogen (secondary N) is 2. The number of carbonyl (C=O) groups excluding carboxylic acids is 2. The first-order chi connectivity index (χ1) is 25.3. The van der Waals surface area contributed by atoms with E-state index in [0.717, 1.165) is 86.2 Å². The molecule has 9 heteroatoms. The van der Waals surface area contributed by atoms with Gasteiger partial charge >= 0.3 is 11.9 Å². The second-order valence-electron chi connectivity index (χ2n) is 16.7. The number of piperidine rings is 3. The number of likely N-dealkylation sites (N-methyl/N-ethyl adjacent to an activating group) is 1. The molecule has 0 spiro atoms. The molecule has 276 valence electrons. The van der Waals surface area contributed by atoms with Crippen LogP contribution in [0.1, 0.15) is 79.9 Å². The van der Waals surface area contributed by atoms with Gasteiger partial charge in [0.1, 0.15) is 11.2 Å². The molecule has 4 fully saturated rings. The van der Waals surface area contributed by atoms with Gasteiger partial charge in [0.2, 0.25) is 0 Å². The molecule has 1 unspecified atom stereocenters. The van der Waals surface area contributed by atoms with Crippen LogP contribution >= 0.6 is 0 Å². The maximum atomic E-state index is 14.4. The predicted molar refractivity (Wildman–Crippen MR) is 202 cm³/mol. The van der Waals surface area contributed by atoms with Gasteiger partial charge in [-0.2, -0.15) is 0 Å². The van der Waals surface area contributed by atoms with Crippen molar-refractivity contribution in [3.63, 3.8) is 0 Å². The number of aromatic nitrogens is 2. The molecule has 6 bridgehead atoms. The first-order valence-corrected chi connectivity index (χ1v) is 19.7. The van der Waals surface area contributed by atoms with Crippen LogP contribution in [0.15, 0.2) is 36.4 Å². The molecule has 2 aromatic heterocycles. The summed E-state index contributed by atoms with van der Waals surface area (Å²) in [4.78, 5) is 41.3. The third-order valence-corrected chi connectivity index (χ3v) is 14.6. The minimum atomic E-state index is -0.746. The topological polar surface area (TPSA) is 99.9 Å². The molecular formula is C43H54N4O5. The molecule has 2 aliphatic carbocycles. The van der Waals surface area contributed by atoms with E-state index in [0.29, 0.717) is 17.8 Å². The molecular weight excluding hydrogens is 652 g/mol. The standard InChI is InChI=1S/C43H54N4O5/c1-7-24-17-23-20-43(42(49)52-6)39-28(15-16-47(21-23)40(24)43)27-13-14-34(50-4)36(38(27)45-39)31-18-29-25(8-2)22-46(3)33(35(29)41(48)51-5)19-30-26-11-9-10-12-32(26)44-37(30)31/h9-14,23-25,29,31,33,35,40,44-45H,7-8,15-22H2,1-6H3/t23-,24+,25-,29+,31-,33+,35+,40+,43-/m1/s1. The van der Waals surface area contributed by atoms with Crippen molar-refractivity contribution in [1.29, 1.82) is 0 Å². The average Bonchev–Trinajstić information content (AvgIpc) is 3.70. The molecule has 4 aliphatic heterocycles. The largest absolute Gasteiger partial charge is 0.496 e. The van der Waals surface area contributed by atoms with Crippen LogP contribution in [0.25, 0.3) is 21.8 Å². The number of esters is 2. The van der Waals surface area contributed by atoms with Crippen molar-refractivity contribution in [2.24, 2.45) is 29.6 Å². The van der Waals surface area contributed by atoms with Gasteiger partial charge in [-0.05, 0) is 92.1 Å². The summed E-state index contributed by atoms with van der Waals surface area (Å²) in [6.07, 6.45) is 6.43.